The molecule has 0 amide bonds. The summed E-state index contributed by atoms with van der Waals surface area (Å²) in [5.74, 6) is -8.06. The first kappa shape index (κ1) is 13.0. The van der Waals surface area contributed by atoms with Crippen LogP contribution in [0.15, 0.2) is 0 Å². The molecule has 0 aromatic heterocycles. The molecular formula is C6H6F6O2. The summed E-state index contributed by atoms with van der Waals surface area (Å²) in [6, 6.07) is 0. The van der Waals surface area contributed by atoms with Crippen LogP contribution in [0.3, 0.4) is 0 Å². The van der Waals surface area contributed by atoms with Crippen LogP contribution in [0.5, 0.6) is 0 Å². The third kappa shape index (κ3) is 1.78. The Morgan fingerprint density at radius 3 is 1.64 bits per heavy atom. The molecule has 2 nitrogen and oxygen atoms in total. The van der Waals surface area contributed by atoms with Crippen LogP contribution in [0.2, 0.25) is 0 Å². The van der Waals surface area contributed by atoms with E-state index in [4.69, 9.17) is 0 Å². The van der Waals surface area contributed by atoms with Crippen molar-refractivity contribution < 1.29 is 35.9 Å². The molecule has 0 rings (SSSR count). The first-order chi connectivity index (χ1) is 5.98. The SMILES string of the molecule is COC(=O)C(C)(F)C(F)(F)C(F)(F)F. The van der Waals surface area contributed by atoms with Crippen molar-refractivity contribution in [1.29, 1.82) is 0 Å². The normalized spacial score (nSPS) is 17.4. The Morgan fingerprint density at radius 1 is 1.07 bits per heavy atom. The summed E-state index contributed by atoms with van der Waals surface area (Å²) in [7, 11) is 0.507. The van der Waals surface area contributed by atoms with Gasteiger partial charge in [0.05, 0.1) is 7.11 Å². The van der Waals surface area contributed by atoms with Crippen molar-refractivity contribution in [3.63, 3.8) is 0 Å². The van der Waals surface area contributed by atoms with E-state index in [0.29, 0.717) is 7.11 Å². The molecular weight excluding hydrogens is 218 g/mol. The first-order valence-corrected chi connectivity index (χ1v) is 3.20. The third-order valence-corrected chi connectivity index (χ3v) is 1.51. The molecule has 0 aliphatic carbocycles. The Labute approximate surface area is 74.8 Å². The van der Waals surface area contributed by atoms with Gasteiger partial charge in [0.15, 0.2) is 0 Å². The Kier molecular flexibility index (Phi) is 3.10. The smallest absolute Gasteiger partial charge is 0.457 e. The van der Waals surface area contributed by atoms with Crippen molar-refractivity contribution in [2.45, 2.75) is 24.7 Å². The number of carbonyl (C=O) groups excluding carboxylic acids is 1. The Morgan fingerprint density at radius 2 is 1.43 bits per heavy atom. The zero-order valence-corrected chi connectivity index (χ0v) is 7.08. The maximum atomic E-state index is 12.8. The van der Waals surface area contributed by atoms with Gasteiger partial charge in [0.2, 0.25) is 0 Å². The monoisotopic (exact) mass is 224 g/mol. The molecule has 0 bridgehead atoms. The van der Waals surface area contributed by atoms with Gasteiger partial charge in [-0.25, -0.2) is 9.18 Å². The Bertz CT molecular complexity index is 231. The zero-order valence-electron chi connectivity index (χ0n) is 7.08. The van der Waals surface area contributed by atoms with Gasteiger partial charge in [0.25, 0.3) is 5.67 Å². The highest BCUT2D eigenvalue weighted by molar-refractivity contribution is 5.80. The van der Waals surface area contributed by atoms with Gasteiger partial charge >= 0.3 is 18.1 Å². The van der Waals surface area contributed by atoms with Crippen molar-refractivity contribution in [2.75, 3.05) is 7.11 Å². The van der Waals surface area contributed by atoms with Crippen LogP contribution in [-0.4, -0.2) is 30.8 Å². The van der Waals surface area contributed by atoms with Gasteiger partial charge < -0.3 is 4.74 Å². The highest BCUT2D eigenvalue weighted by atomic mass is 19.4. The Hall–Kier alpha value is -0.950. The highest BCUT2D eigenvalue weighted by Gasteiger charge is 2.73. The summed E-state index contributed by atoms with van der Waals surface area (Å²) in [5.41, 5.74) is -4.43. The van der Waals surface area contributed by atoms with E-state index in [1.165, 1.54) is 0 Å². The van der Waals surface area contributed by atoms with Crippen LogP contribution in [-0.2, 0) is 9.53 Å². The number of alkyl halides is 6. The lowest BCUT2D eigenvalue weighted by Gasteiger charge is -2.28. The van der Waals surface area contributed by atoms with Crippen LogP contribution in [0.25, 0.3) is 0 Å². The number of methoxy groups -OCH3 is 1. The van der Waals surface area contributed by atoms with Gasteiger partial charge in [-0.2, -0.15) is 22.0 Å². The van der Waals surface area contributed by atoms with E-state index < -0.39 is 23.7 Å². The van der Waals surface area contributed by atoms with Crippen LogP contribution >= 0.6 is 0 Å². The lowest BCUT2D eigenvalue weighted by Crippen LogP contribution is -2.57. The molecule has 0 saturated heterocycles. The molecule has 1 atom stereocenters. The predicted octanol–water partition coefficient (Wildman–Crippen LogP) is 2.09. The maximum absolute atomic E-state index is 12.8. The summed E-state index contributed by atoms with van der Waals surface area (Å²) in [5, 5.41) is 0. The number of hydrogen-bond donors (Lipinski definition) is 0. The van der Waals surface area contributed by atoms with E-state index in [1.807, 2.05) is 0 Å². The Balaban J connectivity index is 5.18. The lowest BCUT2D eigenvalue weighted by molar-refractivity contribution is -0.321. The minimum Gasteiger partial charge on any atom is -0.466 e. The molecule has 0 N–H and O–H groups in total. The van der Waals surface area contributed by atoms with Gasteiger partial charge in [0.1, 0.15) is 0 Å². The highest BCUT2D eigenvalue weighted by Crippen LogP contribution is 2.45. The molecule has 8 heteroatoms. The predicted molar refractivity (Wildman–Crippen MR) is 32.5 cm³/mol. The first-order valence-electron chi connectivity index (χ1n) is 3.20. The van der Waals surface area contributed by atoms with Crippen LogP contribution in [0, 0.1) is 0 Å². The van der Waals surface area contributed by atoms with Crippen molar-refractivity contribution >= 4 is 5.97 Å². The molecule has 0 aromatic carbocycles. The van der Waals surface area contributed by atoms with Crippen molar-refractivity contribution in [1.82, 2.24) is 0 Å². The van der Waals surface area contributed by atoms with E-state index in [2.05, 4.69) is 4.74 Å². The quantitative estimate of drug-likeness (QED) is 0.530. The molecule has 0 heterocycles. The molecule has 0 aliphatic rings. The summed E-state index contributed by atoms with van der Waals surface area (Å²) >= 11 is 0. The maximum Gasteiger partial charge on any atom is 0.457 e. The van der Waals surface area contributed by atoms with E-state index >= 15 is 0 Å². The molecule has 0 aliphatic heterocycles. The fourth-order valence-electron chi connectivity index (χ4n) is 0.586. The summed E-state index contributed by atoms with van der Waals surface area (Å²) in [6.07, 6.45) is -6.15. The molecule has 0 aromatic rings. The molecule has 1 unspecified atom stereocenters. The van der Waals surface area contributed by atoms with Gasteiger partial charge in [-0.3, -0.25) is 0 Å². The molecule has 0 spiro atoms. The minimum atomic E-state index is -6.15. The van der Waals surface area contributed by atoms with Crippen molar-refractivity contribution in [2.24, 2.45) is 0 Å². The van der Waals surface area contributed by atoms with Gasteiger partial charge in [-0.15, -0.1) is 0 Å². The second-order valence-electron chi connectivity index (χ2n) is 2.57. The standard InChI is InChI=1S/C6H6F6O2/c1-4(7,3(13)14-2)5(8,9)6(10,11)12/h1-2H3. The number of rotatable bonds is 2. The number of esters is 1. The molecule has 0 fully saturated rings. The lowest BCUT2D eigenvalue weighted by atomic mass is 10.00. The number of halogens is 6. The molecule has 0 saturated carbocycles. The topological polar surface area (TPSA) is 26.3 Å². The van der Waals surface area contributed by atoms with E-state index in [-0.39, 0.29) is 6.92 Å². The van der Waals surface area contributed by atoms with Crippen LogP contribution in [0.4, 0.5) is 26.3 Å². The van der Waals surface area contributed by atoms with Gasteiger partial charge in [0, 0.05) is 0 Å². The molecule has 14 heavy (non-hydrogen) atoms. The largest absolute Gasteiger partial charge is 0.466 e. The fourth-order valence-corrected chi connectivity index (χ4v) is 0.586. The van der Waals surface area contributed by atoms with Crippen LogP contribution < -0.4 is 0 Å². The average Bonchev–Trinajstić information content (AvgIpc) is 2.00. The number of carbonyl (C=O) groups is 1. The van der Waals surface area contributed by atoms with Crippen molar-refractivity contribution in [3.8, 4) is 0 Å². The van der Waals surface area contributed by atoms with Crippen molar-refractivity contribution in [3.05, 3.63) is 0 Å². The van der Waals surface area contributed by atoms with Gasteiger partial charge in [-0.05, 0) is 6.92 Å². The summed E-state index contributed by atoms with van der Waals surface area (Å²) in [6.45, 7) is -0.188. The minimum absolute atomic E-state index is 0.188. The second-order valence-corrected chi connectivity index (χ2v) is 2.57. The zero-order chi connectivity index (χ0) is 11.8. The van der Waals surface area contributed by atoms with E-state index in [9.17, 15) is 31.1 Å². The van der Waals surface area contributed by atoms with E-state index in [0.717, 1.165) is 0 Å². The van der Waals surface area contributed by atoms with Gasteiger partial charge in [-0.1, -0.05) is 0 Å². The fraction of sp³-hybridized carbons (Fsp3) is 0.833. The number of hydrogen-bond acceptors (Lipinski definition) is 2. The van der Waals surface area contributed by atoms with E-state index in [1.54, 1.807) is 0 Å². The third-order valence-electron chi connectivity index (χ3n) is 1.51. The average molecular weight is 224 g/mol. The van der Waals surface area contributed by atoms with Crippen LogP contribution in [0.1, 0.15) is 6.92 Å². The summed E-state index contributed by atoms with van der Waals surface area (Å²) < 4.78 is 75.9. The summed E-state index contributed by atoms with van der Waals surface area (Å²) in [4.78, 5) is 10.3. The second kappa shape index (κ2) is 3.32. The molecule has 0 radical (unpaired) electrons. The molecule has 84 valence electrons. The number of ether oxygens (including phenoxy) is 1.